The summed E-state index contributed by atoms with van der Waals surface area (Å²) in [5.41, 5.74) is 13.6. The molecule has 32 heavy (non-hydrogen) atoms. The predicted molar refractivity (Wildman–Crippen MR) is 123 cm³/mol. The summed E-state index contributed by atoms with van der Waals surface area (Å²) < 4.78 is 2.07. The third-order valence-electron chi connectivity index (χ3n) is 5.27. The summed E-state index contributed by atoms with van der Waals surface area (Å²) in [6.07, 6.45) is 2.90. The van der Waals surface area contributed by atoms with Crippen molar-refractivity contribution < 1.29 is 0 Å². The maximum Gasteiger partial charge on any atom is 0.180 e. The number of unbranched alkanes of at least 4 members (excludes halogenated alkanes) is 1. The Bertz CT molecular complexity index is 1220. The molecule has 0 amide bonds. The highest BCUT2D eigenvalue weighted by molar-refractivity contribution is 6.30. The van der Waals surface area contributed by atoms with E-state index in [1.54, 1.807) is 0 Å². The summed E-state index contributed by atoms with van der Waals surface area (Å²) in [6, 6.07) is 16.3. The molecule has 1 N–H and O–H groups in total. The van der Waals surface area contributed by atoms with Gasteiger partial charge in [-0.3, -0.25) is 0 Å². The Kier molecular flexibility index (Phi) is 6.79. The third kappa shape index (κ3) is 4.64. The molecule has 0 radical (unpaired) electrons. The van der Waals surface area contributed by atoms with E-state index in [-0.39, 0.29) is 6.54 Å². The van der Waals surface area contributed by atoms with Crippen LogP contribution < -0.4 is 0 Å². The van der Waals surface area contributed by atoms with E-state index in [2.05, 4.69) is 71.4 Å². The molecular weight excluding hydrogens is 426 g/mol. The zero-order valence-electron chi connectivity index (χ0n) is 17.6. The van der Waals surface area contributed by atoms with E-state index in [1.807, 2.05) is 24.3 Å². The first-order valence-corrected chi connectivity index (χ1v) is 10.8. The van der Waals surface area contributed by atoms with Gasteiger partial charge in [-0.2, -0.15) is 0 Å². The molecule has 2 heterocycles. The molecule has 2 aromatic heterocycles. The van der Waals surface area contributed by atoms with Crippen molar-refractivity contribution in [3.63, 3.8) is 0 Å². The number of aryl methyl sites for hydroxylation is 1. The number of aromatic amines is 1. The van der Waals surface area contributed by atoms with Crippen LogP contribution in [-0.4, -0.2) is 30.2 Å². The van der Waals surface area contributed by atoms with Crippen molar-refractivity contribution in [1.82, 2.24) is 30.2 Å². The molecule has 4 aromatic rings. The molecule has 2 aromatic carbocycles. The van der Waals surface area contributed by atoms with Crippen molar-refractivity contribution in [3.05, 3.63) is 81.2 Å². The van der Waals surface area contributed by atoms with Crippen LogP contribution >= 0.6 is 11.6 Å². The van der Waals surface area contributed by atoms with Gasteiger partial charge in [0.2, 0.25) is 0 Å². The van der Waals surface area contributed by atoms with Crippen molar-refractivity contribution in [3.8, 4) is 22.5 Å². The van der Waals surface area contributed by atoms with Gasteiger partial charge in [0.05, 0.1) is 12.2 Å². The van der Waals surface area contributed by atoms with Gasteiger partial charge < -0.3 is 4.57 Å². The number of nitrogens with zero attached hydrogens (tertiary/aromatic N) is 8. The van der Waals surface area contributed by atoms with Gasteiger partial charge in [0.25, 0.3) is 0 Å². The van der Waals surface area contributed by atoms with Gasteiger partial charge in [0.15, 0.2) is 11.0 Å². The van der Waals surface area contributed by atoms with E-state index in [0.29, 0.717) is 17.5 Å². The minimum atomic E-state index is 0.172. The lowest BCUT2D eigenvalue weighted by atomic mass is 9.98. The van der Waals surface area contributed by atoms with Crippen LogP contribution in [0.1, 0.15) is 36.8 Å². The van der Waals surface area contributed by atoms with Crippen molar-refractivity contribution in [1.29, 1.82) is 0 Å². The zero-order valence-corrected chi connectivity index (χ0v) is 18.4. The lowest BCUT2D eigenvalue weighted by molar-refractivity contribution is 0.655. The number of tetrazole rings is 1. The van der Waals surface area contributed by atoms with Crippen LogP contribution in [0.5, 0.6) is 0 Å². The molecule has 0 bridgehead atoms. The van der Waals surface area contributed by atoms with Gasteiger partial charge in [-0.15, -0.1) is 5.10 Å². The van der Waals surface area contributed by atoms with Gasteiger partial charge in [-0.05, 0) is 39.1 Å². The van der Waals surface area contributed by atoms with Crippen LogP contribution in [0.15, 0.2) is 53.6 Å². The van der Waals surface area contributed by atoms with E-state index in [0.717, 1.165) is 53.0 Å². The second kappa shape index (κ2) is 10.1. The van der Waals surface area contributed by atoms with E-state index >= 15 is 0 Å². The molecule has 0 atom stereocenters. The molecule has 0 aliphatic rings. The monoisotopic (exact) mass is 447 g/mol. The number of imidazole rings is 1. The van der Waals surface area contributed by atoms with E-state index in [1.165, 1.54) is 0 Å². The van der Waals surface area contributed by atoms with Gasteiger partial charge in [0.1, 0.15) is 5.82 Å². The van der Waals surface area contributed by atoms with Crippen LogP contribution in [-0.2, 0) is 19.5 Å². The number of hydrogen-bond donors (Lipinski definition) is 1. The SMILES string of the molecule is CCCCc1nc(Cl)c(CN=[N+]=[N-])n1Cc1ccc(-c2ccccc2-c2nnn[nH]2)cc1. The molecule has 9 nitrogen and oxygen atoms in total. The Hall–Kier alpha value is -3.68. The third-order valence-corrected chi connectivity index (χ3v) is 5.58. The summed E-state index contributed by atoms with van der Waals surface area (Å²) in [5.74, 6) is 1.54. The molecular formula is C22H22ClN9. The Morgan fingerprint density at radius 2 is 1.91 bits per heavy atom. The Labute approximate surface area is 190 Å². The van der Waals surface area contributed by atoms with Crippen molar-refractivity contribution in [2.24, 2.45) is 5.11 Å². The smallest absolute Gasteiger partial charge is 0.180 e. The lowest BCUT2D eigenvalue weighted by Gasteiger charge is -2.13. The molecule has 0 aliphatic heterocycles. The Balaban J connectivity index is 1.64. The van der Waals surface area contributed by atoms with E-state index in [9.17, 15) is 0 Å². The molecule has 0 fully saturated rings. The molecule has 0 aliphatic carbocycles. The number of H-pyrrole nitrogens is 1. The molecule has 4 rings (SSSR count). The summed E-state index contributed by atoms with van der Waals surface area (Å²) in [7, 11) is 0. The van der Waals surface area contributed by atoms with Gasteiger partial charge in [-0.25, -0.2) is 10.1 Å². The van der Waals surface area contributed by atoms with E-state index in [4.69, 9.17) is 17.1 Å². The first-order chi connectivity index (χ1) is 15.7. The van der Waals surface area contributed by atoms with Gasteiger partial charge in [-0.1, -0.05) is 78.6 Å². The van der Waals surface area contributed by atoms with Crippen LogP contribution in [0.3, 0.4) is 0 Å². The summed E-state index contributed by atoms with van der Waals surface area (Å²) in [6.45, 7) is 2.91. The summed E-state index contributed by atoms with van der Waals surface area (Å²) in [4.78, 5) is 7.40. The van der Waals surface area contributed by atoms with Crippen LogP contribution in [0.2, 0.25) is 5.15 Å². The minimum Gasteiger partial charge on any atom is -0.326 e. The highest BCUT2D eigenvalue weighted by atomic mass is 35.5. The number of aromatic nitrogens is 6. The first kappa shape index (κ1) is 21.5. The highest BCUT2D eigenvalue weighted by Gasteiger charge is 2.16. The highest BCUT2D eigenvalue weighted by Crippen LogP contribution is 2.30. The topological polar surface area (TPSA) is 121 Å². The average molecular weight is 448 g/mol. The molecule has 0 unspecified atom stereocenters. The molecule has 10 heteroatoms. The van der Waals surface area contributed by atoms with Crippen molar-refractivity contribution in [2.75, 3.05) is 0 Å². The largest absolute Gasteiger partial charge is 0.326 e. The predicted octanol–water partition coefficient (Wildman–Crippen LogP) is 5.58. The van der Waals surface area contributed by atoms with Crippen LogP contribution in [0, 0.1) is 0 Å². The minimum absolute atomic E-state index is 0.172. The number of azide groups is 1. The Morgan fingerprint density at radius 1 is 1.12 bits per heavy atom. The van der Waals surface area contributed by atoms with Crippen LogP contribution in [0.4, 0.5) is 0 Å². The standard InChI is InChI=1S/C22H22ClN9/c1-2-3-8-20-26-21(23)19(13-25-29-24)32(20)14-15-9-11-16(12-10-15)17-6-4-5-7-18(17)22-27-30-31-28-22/h4-7,9-12H,2-3,8,13-14H2,1H3,(H,27,28,30,31). The number of nitrogens with one attached hydrogen (secondary N) is 1. The fraction of sp³-hybridized carbons (Fsp3) is 0.273. The number of halogens is 1. The van der Waals surface area contributed by atoms with Crippen molar-refractivity contribution in [2.45, 2.75) is 39.3 Å². The number of benzene rings is 2. The summed E-state index contributed by atoms with van der Waals surface area (Å²) >= 11 is 6.37. The van der Waals surface area contributed by atoms with Crippen LogP contribution in [0.25, 0.3) is 33.0 Å². The number of hydrogen-bond acceptors (Lipinski definition) is 5. The number of rotatable bonds is 9. The van der Waals surface area contributed by atoms with Gasteiger partial charge in [0, 0.05) is 23.4 Å². The lowest BCUT2D eigenvalue weighted by Crippen LogP contribution is -2.09. The second-order valence-corrected chi connectivity index (χ2v) is 7.69. The quantitative estimate of drug-likeness (QED) is 0.204. The Morgan fingerprint density at radius 3 is 2.59 bits per heavy atom. The first-order valence-electron chi connectivity index (χ1n) is 10.4. The molecule has 0 saturated carbocycles. The van der Waals surface area contributed by atoms with E-state index < -0.39 is 0 Å². The zero-order chi connectivity index (χ0) is 22.3. The van der Waals surface area contributed by atoms with Gasteiger partial charge >= 0.3 is 0 Å². The van der Waals surface area contributed by atoms with Crippen molar-refractivity contribution >= 4 is 11.6 Å². The maximum atomic E-state index is 8.75. The molecule has 0 saturated heterocycles. The maximum absolute atomic E-state index is 8.75. The second-order valence-electron chi connectivity index (χ2n) is 7.34. The molecule has 162 valence electrons. The molecule has 0 spiro atoms. The average Bonchev–Trinajstić information content (AvgIpc) is 3.45. The summed E-state index contributed by atoms with van der Waals surface area (Å²) in [5, 5.41) is 18.3. The normalized spacial score (nSPS) is 10.8. The fourth-order valence-electron chi connectivity index (χ4n) is 3.65. The fourth-order valence-corrected chi connectivity index (χ4v) is 3.91.